The summed E-state index contributed by atoms with van der Waals surface area (Å²) >= 11 is 0. The number of fused-ring (bicyclic) bond motifs is 2. The Hall–Kier alpha value is -2.79. The van der Waals surface area contributed by atoms with Gasteiger partial charge in [-0.25, -0.2) is 0 Å². The summed E-state index contributed by atoms with van der Waals surface area (Å²) in [6.07, 6.45) is 4.96. The summed E-state index contributed by atoms with van der Waals surface area (Å²) in [7, 11) is 0. The van der Waals surface area contributed by atoms with Crippen molar-refractivity contribution in [2.75, 3.05) is 23.3 Å². The number of hydrogen-bond acceptors (Lipinski definition) is 4. The van der Waals surface area contributed by atoms with E-state index in [4.69, 9.17) is 0 Å². The molecule has 5 rings (SSSR count). The summed E-state index contributed by atoms with van der Waals surface area (Å²) in [5, 5.41) is 14.2. The number of aliphatic hydroxyl groups is 1. The first kappa shape index (κ1) is 18.3. The second kappa shape index (κ2) is 7.56. The Balaban J connectivity index is 1.29. The zero-order valence-electron chi connectivity index (χ0n) is 16.6. The highest BCUT2D eigenvalue weighted by Gasteiger charge is 2.17. The van der Waals surface area contributed by atoms with Crippen LogP contribution in [-0.4, -0.2) is 29.3 Å². The smallest absolute Gasteiger partial charge is 0.253 e. The number of benzene rings is 2. The lowest BCUT2D eigenvalue weighted by Crippen LogP contribution is -2.35. The molecule has 1 aliphatic heterocycles. The quantitative estimate of drug-likeness (QED) is 0.638. The molecule has 5 nitrogen and oxygen atoms in total. The Morgan fingerprint density at radius 2 is 1.76 bits per heavy atom. The van der Waals surface area contributed by atoms with E-state index in [1.54, 1.807) is 0 Å². The third-order valence-corrected chi connectivity index (χ3v) is 6.31. The molecule has 3 aromatic rings. The molecule has 2 heterocycles. The number of rotatable bonds is 4. The van der Waals surface area contributed by atoms with Crippen molar-refractivity contribution >= 4 is 22.3 Å². The standard InChI is InChI=1S/C24H27N3O2/c28-22-8-10-27(11-9-22)21-6-4-20(5-7-21)25-15-19-13-18-12-16-2-1-3-17(16)14-23(18)26-24(19)29/h4-7,12-14,22,25,28H,1-3,8-11,15H2,(H,26,29). The van der Waals surface area contributed by atoms with Crippen LogP contribution in [0, 0.1) is 0 Å². The lowest BCUT2D eigenvalue weighted by molar-refractivity contribution is 0.145. The Kier molecular flexibility index (Phi) is 4.76. The van der Waals surface area contributed by atoms with Gasteiger partial charge in [0.05, 0.1) is 6.10 Å². The third-order valence-electron chi connectivity index (χ3n) is 6.31. The van der Waals surface area contributed by atoms with Gasteiger partial charge in [0.1, 0.15) is 0 Å². The van der Waals surface area contributed by atoms with E-state index in [0.717, 1.165) is 60.9 Å². The Morgan fingerprint density at radius 3 is 2.52 bits per heavy atom. The van der Waals surface area contributed by atoms with Crippen LogP contribution in [0.4, 0.5) is 11.4 Å². The van der Waals surface area contributed by atoms with Gasteiger partial charge in [-0.15, -0.1) is 0 Å². The van der Waals surface area contributed by atoms with E-state index in [1.165, 1.54) is 23.2 Å². The topological polar surface area (TPSA) is 68.4 Å². The number of hydrogen-bond donors (Lipinski definition) is 3. The van der Waals surface area contributed by atoms with Crippen molar-refractivity contribution in [3.63, 3.8) is 0 Å². The van der Waals surface area contributed by atoms with Gasteiger partial charge >= 0.3 is 0 Å². The number of aromatic nitrogens is 1. The number of aromatic amines is 1. The Morgan fingerprint density at radius 1 is 1.03 bits per heavy atom. The fraction of sp³-hybridized carbons (Fsp3) is 0.375. The fourth-order valence-electron chi connectivity index (χ4n) is 4.57. The van der Waals surface area contributed by atoms with Gasteiger partial charge in [0.25, 0.3) is 5.56 Å². The van der Waals surface area contributed by atoms with Crippen LogP contribution < -0.4 is 15.8 Å². The predicted molar refractivity (Wildman–Crippen MR) is 118 cm³/mol. The highest BCUT2D eigenvalue weighted by Crippen LogP contribution is 2.26. The van der Waals surface area contributed by atoms with Crippen molar-refractivity contribution in [1.82, 2.24) is 4.98 Å². The van der Waals surface area contributed by atoms with Gasteiger partial charge in [0.15, 0.2) is 0 Å². The second-order valence-corrected chi connectivity index (χ2v) is 8.30. The van der Waals surface area contributed by atoms with Crippen LogP contribution in [0.2, 0.25) is 0 Å². The normalized spacial score (nSPS) is 16.9. The first-order valence-corrected chi connectivity index (χ1v) is 10.6. The van der Waals surface area contributed by atoms with Crippen LogP contribution in [-0.2, 0) is 19.4 Å². The molecule has 2 aromatic carbocycles. The van der Waals surface area contributed by atoms with Gasteiger partial charge in [-0.05, 0) is 91.1 Å². The average molecular weight is 389 g/mol. The zero-order valence-corrected chi connectivity index (χ0v) is 16.6. The summed E-state index contributed by atoms with van der Waals surface area (Å²) in [4.78, 5) is 17.9. The molecule has 3 N–H and O–H groups in total. The molecule has 1 aliphatic carbocycles. The molecule has 0 spiro atoms. The monoisotopic (exact) mass is 389 g/mol. The largest absolute Gasteiger partial charge is 0.393 e. The fourth-order valence-corrected chi connectivity index (χ4v) is 4.57. The van der Waals surface area contributed by atoms with E-state index in [0.29, 0.717) is 6.54 Å². The first-order valence-electron chi connectivity index (χ1n) is 10.6. The number of piperidine rings is 1. The van der Waals surface area contributed by atoms with Crippen molar-refractivity contribution in [2.24, 2.45) is 0 Å². The molecule has 0 atom stereocenters. The average Bonchev–Trinajstić information content (AvgIpc) is 3.19. The van der Waals surface area contributed by atoms with Crippen molar-refractivity contribution in [1.29, 1.82) is 0 Å². The van der Waals surface area contributed by atoms with Gasteiger partial charge in [-0.2, -0.15) is 0 Å². The predicted octanol–water partition coefficient (Wildman–Crippen LogP) is 3.59. The maximum atomic E-state index is 12.5. The summed E-state index contributed by atoms with van der Waals surface area (Å²) in [6, 6.07) is 14.7. The lowest BCUT2D eigenvalue weighted by Gasteiger charge is -2.31. The number of nitrogens with zero attached hydrogens (tertiary/aromatic N) is 1. The molecule has 5 heteroatoms. The molecule has 150 valence electrons. The summed E-state index contributed by atoms with van der Waals surface area (Å²) in [6.45, 7) is 2.28. The molecule has 1 fully saturated rings. The van der Waals surface area contributed by atoms with Crippen molar-refractivity contribution in [3.05, 3.63) is 69.5 Å². The minimum Gasteiger partial charge on any atom is -0.393 e. The molecule has 0 unspecified atom stereocenters. The van der Waals surface area contributed by atoms with Crippen LogP contribution in [0.5, 0.6) is 0 Å². The van der Waals surface area contributed by atoms with Crippen LogP contribution >= 0.6 is 0 Å². The van der Waals surface area contributed by atoms with E-state index in [-0.39, 0.29) is 11.7 Å². The van der Waals surface area contributed by atoms with Crippen LogP contribution in [0.3, 0.4) is 0 Å². The molecule has 0 amide bonds. The highest BCUT2D eigenvalue weighted by atomic mass is 16.3. The van der Waals surface area contributed by atoms with Gasteiger partial charge in [-0.3, -0.25) is 4.79 Å². The van der Waals surface area contributed by atoms with Crippen molar-refractivity contribution in [2.45, 2.75) is 44.8 Å². The molecular formula is C24H27N3O2. The van der Waals surface area contributed by atoms with E-state index in [2.05, 4.69) is 51.6 Å². The number of pyridine rings is 1. The molecular weight excluding hydrogens is 362 g/mol. The molecule has 0 bridgehead atoms. The van der Waals surface area contributed by atoms with Crippen molar-refractivity contribution in [3.8, 4) is 0 Å². The summed E-state index contributed by atoms with van der Waals surface area (Å²) < 4.78 is 0. The first-order chi connectivity index (χ1) is 14.2. The number of aliphatic hydroxyl groups excluding tert-OH is 1. The van der Waals surface area contributed by atoms with Crippen LogP contribution in [0.25, 0.3) is 10.9 Å². The van der Waals surface area contributed by atoms with E-state index < -0.39 is 0 Å². The number of aryl methyl sites for hydroxylation is 2. The van der Waals surface area contributed by atoms with E-state index >= 15 is 0 Å². The molecule has 1 saturated heterocycles. The van der Waals surface area contributed by atoms with Crippen LogP contribution in [0.1, 0.15) is 36.0 Å². The SMILES string of the molecule is O=c1[nH]c2cc3c(cc2cc1CNc1ccc(N2CCC(O)CC2)cc1)CCC3. The molecule has 0 saturated carbocycles. The number of nitrogens with one attached hydrogen (secondary N) is 2. The van der Waals surface area contributed by atoms with Gasteiger partial charge < -0.3 is 20.3 Å². The maximum absolute atomic E-state index is 12.5. The summed E-state index contributed by atoms with van der Waals surface area (Å²) in [5.41, 5.74) is 6.65. The van der Waals surface area contributed by atoms with Crippen LogP contribution in [0.15, 0.2) is 47.3 Å². The minimum absolute atomic E-state index is 0.0218. The molecule has 0 radical (unpaired) electrons. The maximum Gasteiger partial charge on any atom is 0.253 e. The Bertz CT molecular complexity index is 1080. The minimum atomic E-state index is -0.159. The van der Waals surface area contributed by atoms with E-state index in [1.807, 2.05) is 6.07 Å². The van der Waals surface area contributed by atoms with Gasteiger partial charge in [-0.1, -0.05) is 0 Å². The van der Waals surface area contributed by atoms with Gasteiger partial charge in [0, 0.05) is 42.1 Å². The second-order valence-electron chi connectivity index (χ2n) is 8.30. The van der Waals surface area contributed by atoms with Gasteiger partial charge in [0.2, 0.25) is 0 Å². The lowest BCUT2D eigenvalue weighted by atomic mass is 10.0. The Labute approximate surface area is 170 Å². The number of anilines is 2. The zero-order chi connectivity index (χ0) is 19.8. The van der Waals surface area contributed by atoms with E-state index in [9.17, 15) is 9.90 Å². The number of H-pyrrole nitrogens is 1. The molecule has 2 aliphatic rings. The third kappa shape index (κ3) is 3.75. The highest BCUT2D eigenvalue weighted by molar-refractivity contribution is 5.81. The van der Waals surface area contributed by atoms with Crippen molar-refractivity contribution < 1.29 is 5.11 Å². The summed E-state index contributed by atoms with van der Waals surface area (Å²) in [5.74, 6) is 0. The molecule has 1 aromatic heterocycles. The molecule has 29 heavy (non-hydrogen) atoms.